The molecule has 1 aromatic rings. The van der Waals surface area contributed by atoms with Gasteiger partial charge in [-0.25, -0.2) is 10.2 Å². The Bertz CT molecular complexity index is 560. The molecule has 0 aromatic heterocycles. The van der Waals surface area contributed by atoms with E-state index in [1.165, 1.54) is 10.5 Å². The second-order valence-electron chi connectivity index (χ2n) is 5.94. The first-order valence-electron chi connectivity index (χ1n) is 7.92. The van der Waals surface area contributed by atoms with Gasteiger partial charge in [0.05, 0.1) is 12.1 Å². The maximum Gasteiger partial charge on any atom is 0.326 e. The molecule has 1 heterocycles. The quantitative estimate of drug-likeness (QED) is 0.354. The van der Waals surface area contributed by atoms with Crippen LogP contribution < -0.4 is 16.2 Å². The molecule has 23 heavy (non-hydrogen) atoms. The van der Waals surface area contributed by atoms with Crippen LogP contribution in [0.5, 0.6) is 0 Å². The van der Waals surface area contributed by atoms with Crippen LogP contribution in [0.1, 0.15) is 24.8 Å². The van der Waals surface area contributed by atoms with Gasteiger partial charge in [-0.15, -0.1) is 0 Å². The van der Waals surface area contributed by atoms with Crippen LogP contribution in [-0.2, 0) is 15.1 Å². The second-order valence-corrected chi connectivity index (χ2v) is 5.94. The van der Waals surface area contributed by atoms with Crippen molar-refractivity contribution in [2.24, 2.45) is 0 Å². The van der Waals surface area contributed by atoms with Crippen LogP contribution in [0.2, 0.25) is 0 Å². The first kappa shape index (κ1) is 15.9. The van der Waals surface area contributed by atoms with Crippen molar-refractivity contribution in [3.8, 4) is 0 Å². The highest BCUT2D eigenvalue weighted by Gasteiger charge is 2.43. The molecule has 124 valence electrons. The molecule has 1 saturated carbocycles. The molecule has 3 rings (SSSR count). The van der Waals surface area contributed by atoms with Crippen molar-refractivity contribution in [3.63, 3.8) is 0 Å². The van der Waals surface area contributed by atoms with E-state index in [9.17, 15) is 9.59 Å². The van der Waals surface area contributed by atoms with Gasteiger partial charge in [0.1, 0.15) is 13.3 Å². The summed E-state index contributed by atoms with van der Waals surface area (Å²) < 4.78 is 5.41. The summed E-state index contributed by atoms with van der Waals surface area (Å²) in [5.74, 6) is -0.278. The Kier molecular flexibility index (Phi) is 4.90. The maximum atomic E-state index is 11.3. The third kappa shape index (κ3) is 4.07. The lowest BCUT2D eigenvalue weighted by molar-refractivity contribution is -0.118. The number of carbonyl (C=O) groups excluding carboxylic acids is 2. The van der Waals surface area contributed by atoms with E-state index in [2.05, 4.69) is 40.4 Å². The fourth-order valence-electron chi connectivity index (χ4n) is 2.62. The fourth-order valence-corrected chi connectivity index (χ4v) is 2.62. The Morgan fingerprint density at radius 3 is 2.65 bits per heavy atom. The molecule has 1 aromatic carbocycles. The van der Waals surface area contributed by atoms with E-state index in [1.54, 1.807) is 0 Å². The lowest BCUT2D eigenvalue weighted by Gasteiger charge is -2.19. The van der Waals surface area contributed by atoms with E-state index in [1.807, 2.05) is 6.07 Å². The Hall–Kier alpha value is -1.96. The van der Waals surface area contributed by atoms with Gasteiger partial charge in [-0.1, -0.05) is 30.3 Å². The molecule has 1 saturated heterocycles. The molecule has 1 aliphatic heterocycles. The molecule has 7 nitrogen and oxygen atoms in total. The highest BCUT2D eigenvalue weighted by atomic mass is 16.5. The minimum atomic E-state index is -0.381. The summed E-state index contributed by atoms with van der Waals surface area (Å²) in [5.41, 5.74) is 8.05. The number of hydrogen-bond donors (Lipinski definition) is 3. The summed E-state index contributed by atoms with van der Waals surface area (Å²) in [4.78, 5) is 23.7. The summed E-state index contributed by atoms with van der Waals surface area (Å²) in [7, 11) is 0. The van der Waals surface area contributed by atoms with Gasteiger partial charge >= 0.3 is 6.03 Å². The summed E-state index contributed by atoms with van der Waals surface area (Å²) in [6, 6.07) is 10.1. The normalized spacial score (nSPS) is 19.0. The van der Waals surface area contributed by atoms with Crippen LogP contribution in [0.25, 0.3) is 0 Å². The first-order chi connectivity index (χ1) is 11.2. The number of urea groups is 1. The van der Waals surface area contributed by atoms with E-state index in [-0.39, 0.29) is 30.8 Å². The molecule has 2 fully saturated rings. The van der Waals surface area contributed by atoms with Crippen LogP contribution >= 0.6 is 0 Å². The maximum absolute atomic E-state index is 11.3. The highest BCUT2D eigenvalue weighted by molar-refractivity contribution is 6.01. The molecule has 0 atom stereocenters. The molecule has 7 heteroatoms. The average Bonchev–Trinajstić information content (AvgIpc) is 3.27. The van der Waals surface area contributed by atoms with Crippen molar-refractivity contribution in [3.05, 3.63) is 35.9 Å². The van der Waals surface area contributed by atoms with Crippen LogP contribution in [0.3, 0.4) is 0 Å². The average molecular weight is 318 g/mol. The molecular weight excluding hydrogens is 296 g/mol. The Labute approximate surface area is 135 Å². The van der Waals surface area contributed by atoms with Crippen LogP contribution in [-0.4, -0.2) is 43.3 Å². The molecule has 0 unspecified atom stereocenters. The first-order valence-corrected chi connectivity index (χ1v) is 7.92. The van der Waals surface area contributed by atoms with Gasteiger partial charge < -0.3 is 4.74 Å². The third-order valence-corrected chi connectivity index (χ3v) is 4.11. The lowest BCUT2D eigenvalue weighted by atomic mass is 10.1. The molecule has 1 aliphatic carbocycles. The Balaban J connectivity index is 1.27. The summed E-state index contributed by atoms with van der Waals surface area (Å²) in [5, 5.41) is 2.21. The minimum absolute atomic E-state index is 0.0795. The number of nitrogens with one attached hydrogen (secondary N) is 3. The number of benzene rings is 1. The molecule has 3 amide bonds. The third-order valence-electron chi connectivity index (χ3n) is 4.11. The van der Waals surface area contributed by atoms with Crippen molar-refractivity contribution < 1.29 is 14.3 Å². The topological polar surface area (TPSA) is 82.7 Å². The summed E-state index contributed by atoms with van der Waals surface area (Å²) >= 11 is 0. The van der Waals surface area contributed by atoms with E-state index in [4.69, 9.17) is 4.74 Å². The fraction of sp³-hybridized carbons (Fsp3) is 0.500. The van der Waals surface area contributed by atoms with Gasteiger partial charge in [0.15, 0.2) is 0 Å². The monoisotopic (exact) mass is 318 g/mol. The van der Waals surface area contributed by atoms with Crippen molar-refractivity contribution >= 4 is 11.9 Å². The molecule has 0 spiro atoms. The second kappa shape index (κ2) is 7.08. The minimum Gasteiger partial charge on any atom is -0.361 e. The van der Waals surface area contributed by atoms with E-state index in [0.717, 1.165) is 25.8 Å². The number of imide groups is 1. The Morgan fingerprint density at radius 1 is 1.22 bits per heavy atom. The number of rotatable bonds is 9. The standard InChI is InChI=1S/C16H22N4O3/c21-14-11-20(15(22)18-14)12-23-10-4-9-17-19-16(7-8-16)13-5-2-1-3-6-13/h1-3,5-6,17,19H,4,7-12H2,(H,18,21,22). The summed E-state index contributed by atoms with van der Waals surface area (Å²) in [6.45, 7) is 1.54. The zero-order valence-electron chi connectivity index (χ0n) is 13.0. The van der Waals surface area contributed by atoms with Crippen molar-refractivity contribution in [1.29, 1.82) is 0 Å². The number of ether oxygens (including phenoxy) is 1. The van der Waals surface area contributed by atoms with Crippen molar-refractivity contribution in [2.45, 2.75) is 24.8 Å². The SMILES string of the molecule is O=C1CN(COCCCNNC2(c3ccccc3)CC2)C(=O)N1. The number of hydrogen-bond acceptors (Lipinski definition) is 5. The van der Waals surface area contributed by atoms with Gasteiger partial charge in [-0.05, 0) is 24.8 Å². The van der Waals surface area contributed by atoms with Gasteiger partial charge in [0.25, 0.3) is 0 Å². The van der Waals surface area contributed by atoms with Gasteiger partial charge in [-0.3, -0.25) is 20.4 Å². The van der Waals surface area contributed by atoms with Crippen LogP contribution in [0.15, 0.2) is 30.3 Å². The number of carbonyl (C=O) groups is 2. The number of amides is 3. The zero-order valence-corrected chi connectivity index (χ0v) is 13.0. The predicted octanol–water partition coefficient (Wildman–Crippen LogP) is 0.686. The molecule has 0 radical (unpaired) electrons. The number of hydrazine groups is 1. The van der Waals surface area contributed by atoms with Gasteiger partial charge in [0, 0.05) is 6.54 Å². The molecule has 0 bridgehead atoms. The smallest absolute Gasteiger partial charge is 0.326 e. The van der Waals surface area contributed by atoms with Crippen LogP contribution in [0, 0.1) is 0 Å². The molecule has 2 aliphatic rings. The van der Waals surface area contributed by atoms with Gasteiger partial charge in [0.2, 0.25) is 5.91 Å². The van der Waals surface area contributed by atoms with Crippen molar-refractivity contribution in [2.75, 3.05) is 26.4 Å². The van der Waals surface area contributed by atoms with Gasteiger partial charge in [-0.2, -0.15) is 0 Å². The summed E-state index contributed by atoms with van der Waals surface area (Å²) in [6.07, 6.45) is 3.10. The highest BCUT2D eigenvalue weighted by Crippen LogP contribution is 2.44. The van der Waals surface area contributed by atoms with Crippen molar-refractivity contribution in [1.82, 2.24) is 21.1 Å². The van der Waals surface area contributed by atoms with E-state index >= 15 is 0 Å². The van der Waals surface area contributed by atoms with E-state index < -0.39 is 0 Å². The predicted molar refractivity (Wildman–Crippen MR) is 84.2 cm³/mol. The lowest BCUT2D eigenvalue weighted by Crippen LogP contribution is -2.41. The van der Waals surface area contributed by atoms with E-state index in [0.29, 0.717) is 6.61 Å². The van der Waals surface area contributed by atoms with Crippen LogP contribution in [0.4, 0.5) is 4.79 Å². The Morgan fingerprint density at radius 2 is 2.00 bits per heavy atom. The largest absolute Gasteiger partial charge is 0.361 e. The molecular formula is C16H22N4O3. The number of nitrogens with zero attached hydrogens (tertiary/aromatic N) is 1. The molecule has 3 N–H and O–H groups in total. The zero-order chi connectivity index (χ0) is 16.1.